The third-order valence-electron chi connectivity index (χ3n) is 9.69. The molecule has 39 heavy (non-hydrogen) atoms. The maximum absolute atomic E-state index is 14.2. The molecule has 0 aromatic heterocycles. The van der Waals surface area contributed by atoms with Crippen molar-refractivity contribution in [2.45, 2.75) is 68.6 Å². The highest BCUT2D eigenvalue weighted by Gasteiger charge is 2.68. The van der Waals surface area contributed by atoms with Crippen molar-refractivity contribution >= 4 is 23.2 Å². The highest BCUT2D eigenvalue weighted by molar-refractivity contribution is 6.25. The van der Waals surface area contributed by atoms with E-state index in [-0.39, 0.29) is 22.3 Å². The Morgan fingerprint density at radius 3 is 2.28 bits per heavy atom. The molecule has 5 rings (SSSR count). The first kappa shape index (κ1) is 27.4. The van der Waals surface area contributed by atoms with E-state index in [0.717, 1.165) is 25.7 Å². The molecule has 0 aliphatic heterocycles. The topological polar surface area (TPSA) is 168 Å². The van der Waals surface area contributed by atoms with Crippen LogP contribution in [-0.4, -0.2) is 86.8 Å². The van der Waals surface area contributed by atoms with Crippen LogP contribution in [0.5, 0.6) is 5.75 Å². The fourth-order valence-corrected chi connectivity index (χ4v) is 7.63. The van der Waals surface area contributed by atoms with E-state index in [1.165, 1.54) is 26.0 Å². The number of aliphatic hydroxyl groups excluding tert-OH is 3. The van der Waals surface area contributed by atoms with Gasteiger partial charge in [-0.25, -0.2) is 0 Å². The molecule has 10 heteroatoms. The number of nitrogens with one attached hydrogen (secondary N) is 1. The van der Waals surface area contributed by atoms with Crippen LogP contribution in [0.15, 0.2) is 29.0 Å². The zero-order valence-electron chi connectivity index (χ0n) is 22.8. The molecule has 0 heterocycles. The Bertz CT molecular complexity index is 1350. The summed E-state index contributed by atoms with van der Waals surface area (Å²) in [5, 5.41) is 60.0. The number of carbonyl (C=O) groups is 3. The summed E-state index contributed by atoms with van der Waals surface area (Å²) in [6, 6.07) is 2.30. The van der Waals surface area contributed by atoms with Crippen LogP contribution >= 0.6 is 0 Å². The molecule has 210 valence electrons. The zero-order valence-corrected chi connectivity index (χ0v) is 22.8. The van der Waals surface area contributed by atoms with Gasteiger partial charge in [0.05, 0.1) is 23.6 Å². The minimum Gasteiger partial charge on any atom is -0.508 e. The highest BCUT2D eigenvalue weighted by Crippen LogP contribution is 2.57. The molecule has 0 bridgehead atoms. The molecular weight excluding hydrogens is 504 g/mol. The second-order valence-corrected chi connectivity index (χ2v) is 12.0. The smallest absolute Gasteiger partial charge is 0.258 e. The molecule has 6 unspecified atom stereocenters. The number of likely N-dealkylation sites (N-methyl/N-ethyl adjacent to an activating group) is 2. The molecule has 1 aromatic carbocycles. The normalized spacial score (nSPS) is 33.7. The maximum Gasteiger partial charge on any atom is 0.258 e. The number of aromatic hydroxyl groups is 1. The number of fused-ring (bicyclic) bond motifs is 3. The number of carbonyl (C=O) groups excluding carboxylic acids is 3. The van der Waals surface area contributed by atoms with E-state index in [9.17, 15) is 39.9 Å². The van der Waals surface area contributed by atoms with E-state index in [0.29, 0.717) is 11.1 Å². The van der Waals surface area contributed by atoms with Gasteiger partial charge in [-0.05, 0) is 43.8 Å². The van der Waals surface area contributed by atoms with E-state index < -0.39 is 70.1 Å². The Balaban J connectivity index is 1.77. The average molecular weight is 541 g/mol. The summed E-state index contributed by atoms with van der Waals surface area (Å²) in [6.45, 7) is 3.79. The largest absolute Gasteiger partial charge is 0.508 e. The van der Waals surface area contributed by atoms with Crippen molar-refractivity contribution in [3.8, 4) is 5.75 Å². The van der Waals surface area contributed by atoms with Crippen LogP contribution in [0, 0.1) is 11.8 Å². The van der Waals surface area contributed by atoms with Crippen molar-refractivity contribution in [1.29, 1.82) is 0 Å². The molecule has 1 amide bonds. The van der Waals surface area contributed by atoms with Gasteiger partial charge in [-0.15, -0.1) is 0 Å². The van der Waals surface area contributed by atoms with Gasteiger partial charge >= 0.3 is 0 Å². The summed E-state index contributed by atoms with van der Waals surface area (Å²) in [5.74, 6) is -8.03. The first-order valence-electron chi connectivity index (χ1n) is 13.4. The molecule has 0 radical (unpaired) electrons. The lowest BCUT2D eigenvalue weighted by atomic mass is 9.54. The number of ketones is 2. The quantitative estimate of drug-likeness (QED) is 0.312. The van der Waals surface area contributed by atoms with Gasteiger partial charge < -0.3 is 30.8 Å². The second kappa shape index (κ2) is 8.90. The Morgan fingerprint density at radius 2 is 1.72 bits per heavy atom. The van der Waals surface area contributed by atoms with Crippen molar-refractivity contribution in [1.82, 2.24) is 10.2 Å². The second-order valence-electron chi connectivity index (χ2n) is 12.0. The summed E-state index contributed by atoms with van der Waals surface area (Å²) in [5.41, 5.74) is -3.07. The number of phenols is 1. The van der Waals surface area contributed by atoms with E-state index in [1.54, 1.807) is 13.0 Å². The number of benzene rings is 1. The van der Waals surface area contributed by atoms with Gasteiger partial charge in [0.15, 0.2) is 11.4 Å². The summed E-state index contributed by atoms with van der Waals surface area (Å²) < 4.78 is 0. The number of Topliss-reactive ketones (excluding diaryl/α,β-unsaturated/α-hetero) is 2. The number of hydrogen-bond acceptors (Lipinski definition) is 9. The molecule has 1 aromatic rings. The third-order valence-corrected chi connectivity index (χ3v) is 9.69. The standard InChI is InChI=1S/C29H36N2O8/c1-12-13-8-9-14(28(2)10-6-7-11-28)21(32)16(13)22(33)17-15(12)23(34)19-20(31(4)5)24(35)18(27(38)30-3)26(37)29(19,39)25(17)36/h8-9,12,15,19-20,23,32-34,37,39H,6-7,10-11H2,1-5H3,(H,30,38). The first-order valence-corrected chi connectivity index (χ1v) is 13.4. The van der Waals surface area contributed by atoms with E-state index in [4.69, 9.17) is 0 Å². The Morgan fingerprint density at radius 1 is 1.10 bits per heavy atom. The van der Waals surface area contributed by atoms with E-state index in [1.807, 2.05) is 13.0 Å². The van der Waals surface area contributed by atoms with Crippen molar-refractivity contribution in [3.63, 3.8) is 0 Å². The fraction of sp³-hybridized carbons (Fsp3) is 0.552. The molecule has 6 N–H and O–H groups in total. The minimum atomic E-state index is -2.87. The van der Waals surface area contributed by atoms with Crippen LogP contribution < -0.4 is 5.32 Å². The number of nitrogens with zero attached hydrogens (tertiary/aromatic N) is 1. The lowest BCUT2D eigenvalue weighted by Gasteiger charge is -2.53. The third kappa shape index (κ3) is 3.41. The van der Waals surface area contributed by atoms with Crippen LogP contribution in [0.3, 0.4) is 0 Å². The summed E-state index contributed by atoms with van der Waals surface area (Å²) >= 11 is 0. The fourth-order valence-electron chi connectivity index (χ4n) is 7.63. The molecule has 6 atom stereocenters. The highest BCUT2D eigenvalue weighted by atomic mass is 16.4. The molecule has 2 saturated carbocycles. The van der Waals surface area contributed by atoms with Gasteiger partial charge in [0.25, 0.3) is 5.91 Å². The predicted molar refractivity (Wildman–Crippen MR) is 141 cm³/mol. The van der Waals surface area contributed by atoms with Crippen molar-refractivity contribution in [2.24, 2.45) is 11.8 Å². The number of hydrogen-bond donors (Lipinski definition) is 6. The Hall–Kier alpha value is -3.21. The van der Waals surface area contributed by atoms with Gasteiger partial charge in [0, 0.05) is 24.1 Å². The van der Waals surface area contributed by atoms with Gasteiger partial charge in [0.2, 0.25) is 5.78 Å². The molecule has 4 aliphatic carbocycles. The van der Waals surface area contributed by atoms with Gasteiger partial charge in [-0.3, -0.25) is 19.3 Å². The molecule has 10 nitrogen and oxygen atoms in total. The predicted octanol–water partition coefficient (Wildman–Crippen LogP) is 1.59. The zero-order chi connectivity index (χ0) is 28.8. The number of rotatable bonds is 3. The van der Waals surface area contributed by atoms with Gasteiger partial charge in [-0.2, -0.15) is 0 Å². The molecular formula is C29H36N2O8. The summed E-state index contributed by atoms with van der Waals surface area (Å²) in [7, 11) is 4.26. The monoisotopic (exact) mass is 540 g/mol. The van der Waals surface area contributed by atoms with Crippen molar-refractivity contribution < 1.29 is 39.9 Å². The van der Waals surface area contributed by atoms with Crippen LogP contribution in [0.1, 0.15) is 62.1 Å². The van der Waals surface area contributed by atoms with E-state index in [2.05, 4.69) is 5.32 Å². The lowest BCUT2D eigenvalue weighted by molar-refractivity contribution is -0.169. The lowest BCUT2D eigenvalue weighted by Crippen LogP contribution is -2.70. The minimum absolute atomic E-state index is 0.0630. The SMILES string of the molecule is CNC(=O)C1=C(O)C2(O)C(=O)C3=C(O)c4c(ccc(C5(C)CCCC5)c4O)C(C)C3C(O)C2C(N(C)C)C1=O. The summed E-state index contributed by atoms with van der Waals surface area (Å²) in [4.78, 5) is 41.6. The van der Waals surface area contributed by atoms with Crippen molar-refractivity contribution in [2.75, 3.05) is 21.1 Å². The van der Waals surface area contributed by atoms with Gasteiger partial charge in [-0.1, -0.05) is 38.8 Å². The van der Waals surface area contributed by atoms with Gasteiger partial charge in [0.1, 0.15) is 22.8 Å². The van der Waals surface area contributed by atoms with Crippen LogP contribution in [-0.2, 0) is 19.8 Å². The molecule has 2 fully saturated rings. The van der Waals surface area contributed by atoms with E-state index >= 15 is 0 Å². The van der Waals surface area contributed by atoms with Crippen molar-refractivity contribution in [3.05, 3.63) is 45.7 Å². The average Bonchev–Trinajstić information content (AvgIpc) is 3.33. The Labute approximate surface area is 226 Å². The number of amides is 1. The number of aliphatic hydroxyl groups is 4. The van der Waals surface area contributed by atoms with Crippen LogP contribution in [0.25, 0.3) is 5.76 Å². The number of phenolic OH excluding ortho intramolecular Hbond substituents is 1. The van der Waals surface area contributed by atoms with Crippen LogP contribution in [0.2, 0.25) is 0 Å². The Kier molecular flexibility index (Phi) is 6.25. The summed E-state index contributed by atoms with van der Waals surface area (Å²) in [6.07, 6.45) is 2.14. The first-order chi connectivity index (χ1) is 18.2. The molecule has 0 spiro atoms. The van der Waals surface area contributed by atoms with Crippen LogP contribution in [0.4, 0.5) is 0 Å². The molecule has 4 aliphatic rings. The maximum atomic E-state index is 14.2. The molecule has 0 saturated heterocycles.